The SMILES string of the molecule is COS(=O)(=O)O.Cc1ccc(S(=O)(=O)Oc2ccc(NCCC[N+](C)(C)C)c3c2C(=O)c2ccccc2C3=O)cc1. The summed E-state index contributed by atoms with van der Waals surface area (Å²) in [5.74, 6) is -0.952. The zero-order chi connectivity index (χ0) is 30.6. The van der Waals surface area contributed by atoms with Crippen molar-refractivity contribution in [1.82, 2.24) is 0 Å². The fraction of sp³-hybridized carbons (Fsp3) is 0.286. The van der Waals surface area contributed by atoms with E-state index < -0.39 is 26.3 Å². The summed E-state index contributed by atoms with van der Waals surface area (Å²) in [5.41, 5.74) is 1.99. The van der Waals surface area contributed by atoms with E-state index in [2.05, 4.69) is 30.6 Å². The third-order valence-corrected chi connectivity index (χ3v) is 7.75. The van der Waals surface area contributed by atoms with Crippen LogP contribution in [0.4, 0.5) is 5.69 Å². The number of anilines is 1. The maximum atomic E-state index is 13.5. The molecule has 0 radical (unpaired) electrons. The van der Waals surface area contributed by atoms with Gasteiger partial charge in [-0.05, 0) is 31.2 Å². The zero-order valence-electron chi connectivity index (χ0n) is 23.4. The Labute approximate surface area is 240 Å². The van der Waals surface area contributed by atoms with Crippen molar-refractivity contribution < 1.29 is 43.8 Å². The number of hydrogen-bond donors (Lipinski definition) is 2. The maximum Gasteiger partial charge on any atom is 0.397 e. The molecule has 13 heteroatoms. The fourth-order valence-electron chi connectivity index (χ4n) is 4.06. The first kappa shape index (κ1) is 31.9. The monoisotopic (exact) mass is 605 g/mol. The van der Waals surface area contributed by atoms with E-state index in [1.165, 1.54) is 18.2 Å². The Morgan fingerprint density at radius 2 is 1.37 bits per heavy atom. The molecule has 0 saturated carbocycles. The Morgan fingerprint density at radius 3 is 1.88 bits per heavy atom. The lowest BCUT2D eigenvalue weighted by molar-refractivity contribution is -0.870. The molecule has 0 aliphatic heterocycles. The highest BCUT2D eigenvalue weighted by Gasteiger charge is 2.35. The van der Waals surface area contributed by atoms with Crippen LogP contribution in [0.2, 0.25) is 0 Å². The van der Waals surface area contributed by atoms with Crippen LogP contribution < -0.4 is 9.50 Å². The van der Waals surface area contributed by atoms with Crippen LogP contribution in [-0.4, -0.2) is 78.8 Å². The van der Waals surface area contributed by atoms with Gasteiger partial charge in [-0.3, -0.25) is 18.3 Å². The summed E-state index contributed by atoms with van der Waals surface area (Å²) < 4.78 is 61.9. The van der Waals surface area contributed by atoms with Crippen molar-refractivity contribution in [3.63, 3.8) is 0 Å². The molecular weight excluding hydrogens is 572 g/mol. The molecule has 0 aromatic heterocycles. The molecule has 2 N–H and O–H groups in total. The summed E-state index contributed by atoms with van der Waals surface area (Å²) in [4.78, 5) is 27.0. The van der Waals surface area contributed by atoms with Gasteiger partial charge in [-0.1, -0.05) is 42.0 Å². The van der Waals surface area contributed by atoms with Gasteiger partial charge >= 0.3 is 20.5 Å². The molecule has 1 aliphatic carbocycles. The Morgan fingerprint density at radius 1 is 0.829 bits per heavy atom. The summed E-state index contributed by atoms with van der Waals surface area (Å²) in [7, 11) is -1.21. The van der Waals surface area contributed by atoms with Crippen molar-refractivity contribution >= 4 is 37.8 Å². The molecule has 0 atom stereocenters. The molecule has 11 nitrogen and oxygen atoms in total. The van der Waals surface area contributed by atoms with Gasteiger partial charge in [0, 0.05) is 29.8 Å². The Kier molecular flexibility index (Phi) is 9.72. The highest BCUT2D eigenvalue weighted by Crippen LogP contribution is 2.38. The average molecular weight is 606 g/mol. The molecule has 0 bridgehead atoms. The molecular formula is C28H33N2O9S2+. The molecule has 0 unspecified atom stereocenters. The van der Waals surface area contributed by atoms with E-state index in [9.17, 15) is 26.4 Å². The van der Waals surface area contributed by atoms with Crippen molar-refractivity contribution in [3.8, 4) is 5.75 Å². The molecule has 0 saturated heterocycles. The first-order valence-electron chi connectivity index (χ1n) is 12.5. The standard InChI is InChI=1S/C27H28N2O5S.CH4O4S/c1-18-10-12-19(13-11-18)35(32,33)34-23-15-14-22(28-16-7-17-29(2,3)4)24-25(23)27(31)21-9-6-5-8-20(21)26(24)30;1-5-6(2,3)4/h5-6,8-15H,7,16-17H2,1-4H3;1H3,(H,2,3,4)/p+1. The minimum absolute atomic E-state index is 0.0330. The van der Waals surface area contributed by atoms with Gasteiger partial charge in [0.2, 0.25) is 0 Å². The van der Waals surface area contributed by atoms with Crippen LogP contribution in [0.1, 0.15) is 43.8 Å². The van der Waals surface area contributed by atoms with Gasteiger partial charge in [-0.15, -0.1) is 0 Å². The molecule has 3 aromatic rings. The van der Waals surface area contributed by atoms with Gasteiger partial charge in [0.05, 0.1) is 45.9 Å². The van der Waals surface area contributed by atoms with Crippen molar-refractivity contribution in [3.05, 3.63) is 88.5 Å². The summed E-state index contributed by atoms with van der Waals surface area (Å²) in [6.45, 7) is 3.36. The molecule has 41 heavy (non-hydrogen) atoms. The van der Waals surface area contributed by atoms with Crippen LogP contribution in [0.3, 0.4) is 0 Å². The van der Waals surface area contributed by atoms with Gasteiger partial charge in [0.1, 0.15) is 4.90 Å². The van der Waals surface area contributed by atoms with Crippen molar-refractivity contribution in [2.24, 2.45) is 0 Å². The Hall–Kier alpha value is -3.62. The number of hydrogen-bond acceptors (Lipinski definition) is 9. The lowest BCUT2D eigenvalue weighted by Crippen LogP contribution is -2.36. The second-order valence-electron chi connectivity index (χ2n) is 10.3. The number of carbonyl (C=O) groups is 2. The van der Waals surface area contributed by atoms with E-state index in [0.29, 0.717) is 12.2 Å². The van der Waals surface area contributed by atoms with Crippen LogP contribution in [0.15, 0.2) is 65.6 Å². The maximum absolute atomic E-state index is 13.5. The number of ketones is 2. The van der Waals surface area contributed by atoms with E-state index in [-0.39, 0.29) is 38.7 Å². The lowest BCUT2D eigenvalue weighted by Gasteiger charge is -2.25. The molecule has 0 heterocycles. The van der Waals surface area contributed by atoms with Gasteiger partial charge in [-0.2, -0.15) is 16.8 Å². The number of aryl methyl sites for hydroxylation is 1. The molecule has 3 aromatic carbocycles. The quantitative estimate of drug-likeness (QED) is 0.125. The number of benzene rings is 3. The van der Waals surface area contributed by atoms with E-state index >= 15 is 0 Å². The van der Waals surface area contributed by atoms with Gasteiger partial charge in [0.15, 0.2) is 17.3 Å². The van der Waals surface area contributed by atoms with Crippen LogP contribution >= 0.6 is 0 Å². The second-order valence-corrected chi connectivity index (χ2v) is 13.0. The molecule has 0 spiro atoms. The minimum Gasteiger partial charge on any atom is -0.384 e. The predicted molar refractivity (Wildman–Crippen MR) is 153 cm³/mol. The molecule has 1 aliphatic rings. The first-order valence-corrected chi connectivity index (χ1v) is 15.3. The number of nitrogens with one attached hydrogen (secondary N) is 1. The van der Waals surface area contributed by atoms with Crippen LogP contribution in [0, 0.1) is 6.92 Å². The molecule has 220 valence electrons. The van der Waals surface area contributed by atoms with Crippen LogP contribution in [-0.2, 0) is 24.7 Å². The summed E-state index contributed by atoms with van der Waals surface area (Å²) in [5, 5.41) is 3.27. The lowest BCUT2D eigenvalue weighted by atomic mass is 9.82. The van der Waals surface area contributed by atoms with E-state index in [0.717, 1.165) is 30.1 Å². The highest BCUT2D eigenvalue weighted by molar-refractivity contribution is 7.87. The fourth-order valence-corrected chi connectivity index (χ4v) is 5.00. The number of fused-ring (bicyclic) bond motifs is 2. The van der Waals surface area contributed by atoms with Crippen LogP contribution in [0.5, 0.6) is 5.75 Å². The van der Waals surface area contributed by atoms with Crippen molar-refractivity contribution in [2.45, 2.75) is 18.2 Å². The first-order chi connectivity index (χ1) is 19.0. The third-order valence-electron chi connectivity index (χ3n) is 6.08. The number of carbonyl (C=O) groups excluding carboxylic acids is 2. The normalized spacial score (nSPS) is 13.0. The Balaban J connectivity index is 0.000000696. The summed E-state index contributed by atoms with van der Waals surface area (Å²) in [6, 6.07) is 15.8. The van der Waals surface area contributed by atoms with Gasteiger partial charge in [0.25, 0.3) is 0 Å². The van der Waals surface area contributed by atoms with Crippen molar-refractivity contribution in [2.75, 3.05) is 46.7 Å². The average Bonchev–Trinajstić information content (AvgIpc) is 2.89. The molecule has 4 rings (SSSR count). The minimum atomic E-state index is -4.22. The van der Waals surface area contributed by atoms with E-state index in [4.69, 9.17) is 8.74 Å². The van der Waals surface area contributed by atoms with Crippen LogP contribution in [0.25, 0.3) is 0 Å². The zero-order valence-corrected chi connectivity index (χ0v) is 25.0. The van der Waals surface area contributed by atoms with Gasteiger partial charge < -0.3 is 14.0 Å². The number of nitrogens with zero attached hydrogens (tertiary/aromatic N) is 1. The van der Waals surface area contributed by atoms with Gasteiger partial charge in [-0.25, -0.2) is 0 Å². The number of quaternary nitrogens is 1. The van der Waals surface area contributed by atoms with E-state index in [1.807, 2.05) is 6.92 Å². The molecule has 0 amide bonds. The Bertz CT molecular complexity index is 1660. The number of rotatable bonds is 9. The topological polar surface area (TPSA) is 153 Å². The van der Waals surface area contributed by atoms with Crippen molar-refractivity contribution in [1.29, 1.82) is 0 Å². The second kappa shape index (κ2) is 12.5. The molecule has 0 fully saturated rings. The largest absolute Gasteiger partial charge is 0.397 e. The summed E-state index contributed by atoms with van der Waals surface area (Å²) in [6.07, 6.45) is 0.844. The highest BCUT2D eigenvalue weighted by atomic mass is 32.3. The predicted octanol–water partition coefficient (Wildman–Crippen LogP) is 3.48. The summed E-state index contributed by atoms with van der Waals surface area (Å²) >= 11 is 0. The van der Waals surface area contributed by atoms with E-state index in [1.54, 1.807) is 42.5 Å². The third kappa shape index (κ3) is 8.21. The smallest absolute Gasteiger partial charge is 0.384 e.